The van der Waals surface area contributed by atoms with Crippen LogP contribution in [-0.2, 0) is 19.1 Å². The van der Waals surface area contributed by atoms with Gasteiger partial charge < -0.3 is 9.47 Å². The predicted molar refractivity (Wildman–Crippen MR) is 125 cm³/mol. The van der Waals surface area contributed by atoms with Gasteiger partial charge in [-0.3, -0.25) is 9.59 Å². The van der Waals surface area contributed by atoms with Crippen LogP contribution in [0.1, 0.15) is 62.5 Å². The van der Waals surface area contributed by atoms with Crippen LogP contribution in [0.2, 0.25) is 0 Å². The smallest absolute Gasteiger partial charge is 0.306 e. The molecule has 0 radical (unpaired) electrons. The highest BCUT2D eigenvalue weighted by Gasteiger charge is 2.02. The molecule has 0 saturated heterocycles. The number of ether oxygens (including phenoxy) is 2. The van der Waals surface area contributed by atoms with E-state index in [0.717, 1.165) is 36.8 Å². The number of carbonyl (C=O) groups is 2. The Morgan fingerprint density at radius 1 is 0.594 bits per heavy atom. The molecule has 0 atom stereocenters. The summed E-state index contributed by atoms with van der Waals surface area (Å²) >= 11 is 0. The molecule has 2 aromatic carbocycles. The summed E-state index contributed by atoms with van der Waals surface area (Å²) in [6.07, 6.45) is 5.10. The minimum atomic E-state index is -0.211. The Balaban J connectivity index is 1.39. The van der Waals surface area contributed by atoms with Gasteiger partial charge in [0.15, 0.2) is 0 Å². The lowest BCUT2D eigenvalue weighted by Gasteiger charge is -2.05. The summed E-state index contributed by atoms with van der Waals surface area (Å²) in [5, 5.41) is 0. The topological polar surface area (TPSA) is 52.6 Å². The monoisotopic (exact) mass is 430 g/mol. The van der Waals surface area contributed by atoms with Gasteiger partial charge in [0.05, 0.1) is 26.1 Å². The second-order valence-electron chi connectivity index (χ2n) is 7.19. The van der Waals surface area contributed by atoms with E-state index in [2.05, 4.69) is 23.7 Å². The Hall–Kier alpha value is -3.50. The van der Waals surface area contributed by atoms with Gasteiger partial charge in [-0.1, -0.05) is 60.1 Å². The summed E-state index contributed by atoms with van der Waals surface area (Å²) in [6, 6.07) is 19.4. The van der Waals surface area contributed by atoms with Crippen LogP contribution in [0.15, 0.2) is 60.7 Å². The standard InChI is InChI=1S/C28H30O4/c29-27(21-11-9-19-25-15-5-3-6-16-25)31-23-13-1-2-14-24-32-28(30)22-12-10-20-26-17-7-4-8-18-26/h3-8,15-18H,1-2,11-14,21-24H2. The average Bonchev–Trinajstić information content (AvgIpc) is 2.82. The summed E-state index contributed by atoms with van der Waals surface area (Å²) < 4.78 is 10.4. The van der Waals surface area contributed by atoms with Crippen molar-refractivity contribution in [3.8, 4) is 23.7 Å². The number of benzene rings is 2. The molecule has 166 valence electrons. The molecule has 0 heterocycles. The zero-order valence-corrected chi connectivity index (χ0v) is 18.5. The van der Waals surface area contributed by atoms with Gasteiger partial charge in [0.25, 0.3) is 0 Å². The van der Waals surface area contributed by atoms with Gasteiger partial charge in [-0.2, -0.15) is 0 Å². The molecule has 2 aromatic rings. The lowest BCUT2D eigenvalue weighted by atomic mass is 10.2. The molecular weight excluding hydrogens is 400 g/mol. The Morgan fingerprint density at radius 3 is 1.41 bits per heavy atom. The fraction of sp³-hybridized carbons (Fsp3) is 0.357. The van der Waals surface area contributed by atoms with Crippen molar-refractivity contribution in [3.05, 3.63) is 71.8 Å². The van der Waals surface area contributed by atoms with Gasteiger partial charge in [-0.25, -0.2) is 0 Å². The first-order valence-electron chi connectivity index (χ1n) is 11.1. The number of rotatable bonds is 11. The zero-order chi connectivity index (χ0) is 22.7. The first kappa shape index (κ1) is 24.8. The molecule has 0 unspecified atom stereocenters. The average molecular weight is 431 g/mol. The van der Waals surface area contributed by atoms with Gasteiger partial charge in [0.2, 0.25) is 0 Å². The third-order valence-electron chi connectivity index (χ3n) is 4.49. The molecule has 2 rings (SSSR count). The van der Waals surface area contributed by atoms with Gasteiger partial charge in [-0.15, -0.1) is 0 Å². The fourth-order valence-electron chi connectivity index (χ4n) is 2.78. The minimum absolute atomic E-state index is 0.211. The molecule has 0 amide bonds. The number of hydrogen-bond donors (Lipinski definition) is 0. The van der Waals surface area contributed by atoms with E-state index in [4.69, 9.17) is 9.47 Å². The van der Waals surface area contributed by atoms with Crippen LogP contribution in [0.25, 0.3) is 0 Å². The van der Waals surface area contributed by atoms with E-state index in [0.29, 0.717) is 38.9 Å². The number of esters is 2. The Bertz CT molecular complexity index is 848. The predicted octanol–water partition coefficient (Wildman–Crippen LogP) is 5.30. The SMILES string of the molecule is O=C(CCC#Cc1ccccc1)OCCCCCCOC(=O)CCC#Cc1ccccc1. The van der Waals surface area contributed by atoms with E-state index in [1.54, 1.807) is 0 Å². The van der Waals surface area contributed by atoms with Crippen molar-refractivity contribution in [1.82, 2.24) is 0 Å². The van der Waals surface area contributed by atoms with Gasteiger partial charge in [0, 0.05) is 24.0 Å². The highest BCUT2D eigenvalue weighted by molar-refractivity contribution is 5.70. The maximum absolute atomic E-state index is 11.7. The van der Waals surface area contributed by atoms with Crippen LogP contribution in [-0.4, -0.2) is 25.2 Å². The second kappa shape index (κ2) is 16.2. The summed E-state index contributed by atoms with van der Waals surface area (Å²) in [6.45, 7) is 0.843. The number of carbonyl (C=O) groups excluding carboxylic acids is 2. The quantitative estimate of drug-likeness (QED) is 0.276. The van der Waals surface area contributed by atoms with Crippen LogP contribution in [0.5, 0.6) is 0 Å². The molecule has 0 aliphatic rings. The molecule has 4 heteroatoms. The van der Waals surface area contributed by atoms with E-state index in [1.807, 2.05) is 60.7 Å². The van der Waals surface area contributed by atoms with E-state index in [-0.39, 0.29) is 11.9 Å². The molecule has 32 heavy (non-hydrogen) atoms. The largest absolute Gasteiger partial charge is 0.466 e. The van der Waals surface area contributed by atoms with Gasteiger partial charge >= 0.3 is 11.9 Å². The third kappa shape index (κ3) is 12.3. The second-order valence-corrected chi connectivity index (χ2v) is 7.19. The molecule has 0 fully saturated rings. The molecule has 0 aliphatic carbocycles. The van der Waals surface area contributed by atoms with Crippen molar-refractivity contribution >= 4 is 11.9 Å². The van der Waals surface area contributed by atoms with Crippen LogP contribution in [0, 0.1) is 23.7 Å². The molecule has 0 N–H and O–H groups in total. The van der Waals surface area contributed by atoms with E-state index >= 15 is 0 Å². The van der Waals surface area contributed by atoms with E-state index in [9.17, 15) is 9.59 Å². The Kier molecular flexibility index (Phi) is 12.6. The minimum Gasteiger partial charge on any atom is -0.466 e. The number of hydrogen-bond acceptors (Lipinski definition) is 4. The summed E-state index contributed by atoms with van der Waals surface area (Å²) in [5.74, 6) is 11.6. The fourth-order valence-corrected chi connectivity index (χ4v) is 2.78. The van der Waals surface area contributed by atoms with Crippen LogP contribution in [0.4, 0.5) is 0 Å². The van der Waals surface area contributed by atoms with Crippen LogP contribution in [0.3, 0.4) is 0 Å². The highest BCUT2D eigenvalue weighted by Crippen LogP contribution is 2.03. The third-order valence-corrected chi connectivity index (χ3v) is 4.49. The van der Waals surface area contributed by atoms with Crippen molar-refractivity contribution in [1.29, 1.82) is 0 Å². The van der Waals surface area contributed by atoms with Crippen LogP contribution < -0.4 is 0 Å². The van der Waals surface area contributed by atoms with Crippen molar-refractivity contribution in [2.24, 2.45) is 0 Å². The molecule has 0 spiro atoms. The van der Waals surface area contributed by atoms with Gasteiger partial charge in [-0.05, 0) is 49.9 Å². The van der Waals surface area contributed by atoms with E-state index < -0.39 is 0 Å². The van der Waals surface area contributed by atoms with Gasteiger partial charge in [0.1, 0.15) is 0 Å². The molecule has 0 aliphatic heterocycles. The first-order valence-corrected chi connectivity index (χ1v) is 11.1. The lowest BCUT2D eigenvalue weighted by Crippen LogP contribution is -2.06. The maximum Gasteiger partial charge on any atom is 0.306 e. The van der Waals surface area contributed by atoms with Crippen molar-refractivity contribution in [3.63, 3.8) is 0 Å². The van der Waals surface area contributed by atoms with Crippen molar-refractivity contribution in [2.75, 3.05) is 13.2 Å². The van der Waals surface area contributed by atoms with Crippen molar-refractivity contribution in [2.45, 2.75) is 51.4 Å². The van der Waals surface area contributed by atoms with E-state index in [1.165, 1.54) is 0 Å². The highest BCUT2D eigenvalue weighted by atomic mass is 16.5. The Morgan fingerprint density at radius 2 is 1.00 bits per heavy atom. The zero-order valence-electron chi connectivity index (χ0n) is 18.5. The summed E-state index contributed by atoms with van der Waals surface area (Å²) in [7, 11) is 0. The maximum atomic E-state index is 11.7. The molecule has 0 bridgehead atoms. The van der Waals surface area contributed by atoms with Crippen LogP contribution >= 0.6 is 0 Å². The summed E-state index contributed by atoms with van der Waals surface area (Å²) in [5.41, 5.74) is 1.89. The Labute approximate surface area is 191 Å². The number of unbranched alkanes of at least 4 members (excludes halogenated alkanes) is 3. The first-order chi connectivity index (χ1) is 15.7. The molecule has 0 aromatic heterocycles. The van der Waals surface area contributed by atoms with Crippen molar-refractivity contribution < 1.29 is 19.1 Å². The molecule has 4 nitrogen and oxygen atoms in total. The lowest BCUT2D eigenvalue weighted by molar-refractivity contribution is -0.144. The molecular formula is C28H30O4. The summed E-state index contributed by atoms with van der Waals surface area (Å²) in [4.78, 5) is 23.4. The normalized spacial score (nSPS) is 9.62. The molecule has 0 saturated carbocycles.